The van der Waals surface area contributed by atoms with Crippen molar-refractivity contribution in [3.8, 4) is 0 Å². The van der Waals surface area contributed by atoms with Gasteiger partial charge < -0.3 is 5.73 Å². The first-order chi connectivity index (χ1) is 8.08. The van der Waals surface area contributed by atoms with E-state index >= 15 is 0 Å². The predicted octanol–water partition coefficient (Wildman–Crippen LogP) is 1.47. The molecule has 1 atom stereocenters. The zero-order chi connectivity index (χ0) is 12.4. The third-order valence-corrected chi connectivity index (χ3v) is 3.15. The van der Waals surface area contributed by atoms with Crippen LogP contribution in [0.1, 0.15) is 18.1 Å². The molecule has 1 aromatic rings. The highest BCUT2D eigenvalue weighted by Gasteiger charge is 2.29. The minimum absolute atomic E-state index is 0.207. The Morgan fingerprint density at radius 3 is 2.71 bits per heavy atom. The van der Waals surface area contributed by atoms with Gasteiger partial charge in [-0.15, -0.1) is 0 Å². The van der Waals surface area contributed by atoms with Gasteiger partial charge in [-0.2, -0.15) is 0 Å². The lowest BCUT2D eigenvalue weighted by molar-refractivity contribution is -0.123. The Morgan fingerprint density at radius 2 is 2.12 bits per heavy atom. The lowest BCUT2D eigenvalue weighted by Crippen LogP contribution is -2.48. The largest absolute Gasteiger partial charge is 0.368 e. The van der Waals surface area contributed by atoms with Gasteiger partial charge in [0, 0.05) is 13.1 Å². The summed E-state index contributed by atoms with van der Waals surface area (Å²) in [6.07, 6.45) is 0.707. The Balaban J connectivity index is 2.27. The van der Waals surface area contributed by atoms with Crippen LogP contribution in [0.25, 0.3) is 0 Å². The molecule has 0 saturated carbocycles. The highest BCUT2D eigenvalue weighted by molar-refractivity contribution is 5.80. The lowest BCUT2D eigenvalue weighted by Gasteiger charge is -2.35. The first-order valence-corrected chi connectivity index (χ1v) is 5.82. The fourth-order valence-electron chi connectivity index (χ4n) is 2.37. The summed E-state index contributed by atoms with van der Waals surface area (Å²) in [5.74, 6) is -0.249. The highest BCUT2D eigenvalue weighted by atomic mass is 16.1. The minimum atomic E-state index is -0.249. The molecule has 0 fully saturated rings. The summed E-state index contributed by atoms with van der Waals surface area (Å²) < 4.78 is 0. The summed E-state index contributed by atoms with van der Waals surface area (Å²) in [6.45, 7) is 7.37. The van der Waals surface area contributed by atoms with E-state index in [9.17, 15) is 4.79 Å². The smallest absolute Gasteiger partial charge is 0.235 e. The van der Waals surface area contributed by atoms with E-state index in [0.29, 0.717) is 6.42 Å². The van der Waals surface area contributed by atoms with E-state index in [4.69, 9.17) is 5.73 Å². The van der Waals surface area contributed by atoms with E-state index in [1.165, 1.54) is 11.1 Å². The van der Waals surface area contributed by atoms with Gasteiger partial charge in [0.1, 0.15) is 0 Å². The van der Waals surface area contributed by atoms with Crippen LogP contribution in [0.4, 0.5) is 0 Å². The molecule has 0 aliphatic carbocycles. The monoisotopic (exact) mass is 230 g/mol. The van der Waals surface area contributed by atoms with Crippen molar-refractivity contribution in [3.05, 3.63) is 47.5 Å². The van der Waals surface area contributed by atoms with Crippen molar-refractivity contribution in [2.45, 2.75) is 25.9 Å². The average Bonchev–Trinajstić information content (AvgIpc) is 2.27. The van der Waals surface area contributed by atoms with Crippen molar-refractivity contribution in [3.63, 3.8) is 0 Å². The van der Waals surface area contributed by atoms with Gasteiger partial charge in [-0.3, -0.25) is 9.69 Å². The zero-order valence-corrected chi connectivity index (χ0v) is 10.1. The van der Waals surface area contributed by atoms with Gasteiger partial charge in [-0.25, -0.2) is 0 Å². The number of carbonyl (C=O) groups is 1. The Labute approximate surface area is 102 Å². The van der Waals surface area contributed by atoms with E-state index in [1.807, 2.05) is 19.1 Å². The van der Waals surface area contributed by atoms with Crippen LogP contribution >= 0.6 is 0 Å². The molecule has 1 amide bonds. The number of rotatable bonds is 3. The molecule has 0 saturated heterocycles. The van der Waals surface area contributed by atoms with Gasteiger partial charge in [0.05, 0.1) is 6.04 Å². The Hall–Kier alpha value is -1.61. The summed E-state index contributed by atoms with van der Waals surface area (Å²) in [4.78, 5) is 13.6. The Morgan fingerprint density at radius 1 is 1.47 bits per heavy atom. The second-order valence-corrected chi connectivity index (χ2v) is 4.75. The number of amides is 1. The maximum atomic E-state index is 11.5. The van der Waals surface area contributed by atoms with Gasteiger partial charge in [0.15, 0.2) is 0 Å². The zero-order valence-electron chi connectivity index (χ0n) is 10.1. The van der Waals surface area contributed by atoms with Crippen molar-refractivity contribution >= 4 is 5.91 Å². The number of hydrogen-bond donors (Lipinski definition) is 1. The Bertz CT molecular complexity index is 453. The van der Waals surface area contributed by atoms with Crippen LogP contribution in [0.2, 0.25) is 0 Å². The van der Waals surface area contributed by atoms with Crippen LogP contribution in [-0.4, -0.2) is 23.4 Å². The van der Waals surface area contributed by atoms with E-state index in [2.05, 4.69) is 23.6 Å². The number of hydrogen-bond acceptors (Lipinski definition) is 2. The van der Waals surface area contributed by atoms with Gasteiger partial charge in [-0.05, 0) is 24.5 Å². The molecular weight excluding hydrogens is 212 g/mol. The molecule has 17 heavy (non-hydrogen) atoms. The maximum absolute atomic E-state index is 11.5. The highest BCUT2D eigenvalue weighted by Crippen LogP contribution is 2.23. The van der Waals surface area contributed by atoms with Crippen LogP contribution in [0.3, 0.4) is 0 Å². The fourth-order valence-corrected chi connectivity index (χ4v) is 2.37. The molecule has 2 N–H and O–H groups in total. The molecule has 0 aromatic heterocycles. The van der Waals surface area contributed by atoms with Crippen LogP contribution in [0, 0.1) is 0 Å². The van der Waals surface area contributed by atoms with Crippen molar-refractivity contribution in [2.75, 3.05) is 6.54 Å². The molecular formula is C14H18N2O. The van der Waals surface area contributed by atoms with E-state index in [0.717, 1.165) is 18.7 Å². The van der Waals surface area contributed by atoms with Gasteiger partial charge in [-0.1, -0.05) is 36.4 Å². The van der Waals surface area contributed by atoms with Crippen LogP contribution in [0.15, 0.2) is 36.4 Å². The molecule has 0 spiro atoms. The number of fused-ring (bicyclic) bond motifs is 1. The van der Waals surface area contributed by atoms with E-state index in [-0.39, 0.29) is 11.9 Å². The van der Waals surface area contributed by atoms with Crippen LogP contribution < -0.4 is 5.73 Å². The quantitative estimate of drug-likeness (QED) is 0.799. The molecule has 1 aliphatic rings. The molecule has 0 radical (unpaired) electrons. The molecule has 0 bridgehead atoms. The predicted molar refractivity (Wildman–Crippen MR) is 68.4 cm³/mol. The summed E-state index contributed by atoms with van der Waals surface area (Å²) in [5.41, 5.74) is 9.05. The molecule has 2 rings (SSSR count). The number of nitrogens with zero attached hydrogens (tertiary/aromatic N) is 1. The third kappa shape index (κ3) is 2.56. The minimum Gasteiger partial charge on any atom is -0.368 e. The van der Waals surface area contributed by atoms with E-state index < -0.39 is 0 Å². The third-order valence-electron chi connectivity index (χ3n) is 3.15. The van der Waals surface area contributed by atoms with Gasteiger partial charge in [0.25, 0.3) is 0 Å². The van der Waals surface area contributed by atoms with Crippen molar-refractivity contribution in [1.29, 1.82) is 0 Å². The first kappa shape index (κ1) is 11.9. The lowest BCUT2D eigenvalue weighted by atomic mass is 9.93. The molecule has 1 heterocycles. The van der Waals surface area contributed by atoms with Crippen LogP contribution in [-0.2, 0) is 17.8 Å². The first-order valence-electron chi connectivity index (χ1n) is 5.82. The number of primary amides is 1. The number of benzene rings is 1. The second kappa shape index (κ2) is 4.72. The van der Waals surface area contributed by atoms with Gasteiger partial charge >= 0.3 is 0 Å². The van der Waals surface area contributed by atoms with E-state index in [1.54, 1.807) is 0 Å². The molecule has 3 heteroatoms. The maximum Gasteiger partial charge on any atom is 0.235 e. The number of nitrogens with two attached hydrogens (primary N) is 1. The van der Waals surface area contributed by atoms with Crippen molar-refractivity contribution in [2.24, 2.45) is 5.73 Å². The van der Waals surface area contributed by atoms with Crippen molar-refractivity contribution < 1.29 is 4.79 Å². The summed E-state index contributed by atoms with van der Waals surface area (Å²) in [6, 6.07) is 8.01. The second-order valence-electron chi connectivity index (χ2n) is 4.75. The normalized spacial score (nSPS) is 19.7. The average molecular weight is 230 g/mol. The topological polar surface area (TPSA) is 46.3 Å². The van der Waals surface area contributed by atoms with Crippen molar-refractivity contribution in [1.82, 2.24) is 4.90 Å². The molecule has 0 unspecified atom stereocenters. The summed E-state index contributed by atoms with van der Waals surface area (Å²) in [7, 11) is 0. The molecule has 90 valence electrons. The van der Waals surface area contributed by atoms with Gasteiger partial charge in [0.2, 0.25) is 5.91 Å². The molecule has 1 aliphatic heterocycles. The Kier molecular flexibility index (Phi) is 3.29. The molecule has 3 nitrogen and oxygen atoms in total. The SMILES string of the molecule is C=C(C)CN1Cc2ccccc2C[C@H]1C(N)=O. The van der Waals surface area contributed by atoms with Crippen LogP contribution in [0.5, 0.6) is 0 Å². The fraction of sp³-hybridized carbons (Fsp3) is 0.357. The summed E-state index contributed by atoms with van der Waals surface area (Å²) in [5, 5.41) is 0. The molecule has 1 aromatic carbocycles. The summed E-state index contributed by atoms with van der Waals surface area (Å²) >= 11 is 0. The standard InChI is InChI=1S/C14H18N2O/c1-10(2)8-16-9-12-6-4-3-5-11(12)7-13(16)14(15)17/h3-6,13H,1,7-9H2,2H3,(H2,15,17)/t13-/m0/s1. The number of carbonyl (C=O) groups excluding carboxylic acids is 1.